The number of aromatic nitrogens is 1. The van der Waals surface area contributed by atoms with Crippen LogP contribution in [-0.2, 0) is 11.3 Å². The lowest BCUT2D eigenvalue weighted by atomic mass is 10.2. The first kappa shape index (κ1) is 18.4. The second-order valence-electron chi connectivity index (χ2n) is 6.78. The third-order valence-corrected chi connectivity index (χ3v) is 4.67. The van der Waals surface area contributed by atoms with Gasteiger partial charge >= 0.3 is 0 Å². The van der Waals surface area contributed by atoms with Gasteiger partial charge in [-0.1, -0.05) is 12.1 Å². The summed E-state index contributed by atoms with van der Waals surface area (Å²) >= 11 is 0. The molecular formula is C21H27N3O2. The molecule has 0 unspecified atom stereocenters. The molecule has 1 aliphatic heterocycles. The predicted molar refractivity (Wildman–Crippen MR) is 102 cm³/mol. The monoisotopic (exact) mass is 353 g/mol. The molecular weight excluding hydrogens is 326 g/mol. The minimum Gasteiger partial charge on any atom is -0.494 e. The van der Waals surface area contributed by atoms with Gasteiger partial charge in [-0.3, -0.25) is 14.7 Å². The van der Waals surface area contributed by atoms with Crippen LogP contribution in [0.4, 0.5) is 0 Å². The molecule has 5 heteroatoms. The Kier molecular flexibility index (Phi) is 6.61. The molecule has 1 fully saturated rings. The van der Waals surface area contributed by atoms with Crippen LogP contribution in [0, 0.1) is 6.92 Å². The van der Waals surface area contributed by atoms with E-state index in [4.69, 9.17) is 4.74 Å². The molecule has 5 nitrogen and oxygen atoms in total. The molecule has 2 heterocycles. The van der Waals surface area contributed by atoms with Gasteiger partial charge in [-0.15, -0.1) is 0 Å². The van der Waals surface area contributed by atoms with E-state index in [-0.39, 0.29) is 5.91 Å². The lowest BCUT2D eigenvalue weighted by molar-refractivity contribution is -0.133. The van der Waals surface area contributed by atoms with E-state index in [2.05, 4.69) is 9.88 Å². The molecule has 1 saturated heterocycles. The third-order valence-electron chi connectivity index (χ3n) is 4.67. The first-order chi connectivity index (χ1) is 12.7. The van der Waals surface area contributed by atoms with E-state index in [1.165, 1.54) is 11.1 Å². The first-order valence-corrected chi connectivity index (χ1v) is 9.29. The van der Waals surface area contributed by atoms with Crippen LogP contribution in [0.1, 0.15) is 24.0 Å². The molecule has 0 radical (unpaired) electrons. The van der Waals surface area contributed by atoms with Gasteiger partial charge in [0.15, 0.2) is 0 Å². The van der Waals surface area contributed by atoms with E-state index >= 15 is 0 Å². The summed E-state index contributed by atoms with van der Waals surface area (Å²) in [6.07, 6.45) is 4.96. The number of hydrogen-bond donors (Lipinski definition) is 0. The van der Waals surface area contributed by atoms with Crippen LogP contribution in [0.5, 0.6) is 5.75 Å². The SMILES string of the molecule is Cc1cccc(OCCCC(=O)N2CCN(Cc3ccncc3)CC2)c1. The fraction of sp³-hybridized carbons (Fsp3) is 0.429. The van der Waals surface area contributed by atoms with Gasteiger partial charge in [0.1, 0.15) is 5.75 Å². The fourth-order valence-corrected chi connectivity index (χ4v) is 3.18. The maximum atomic E-state index is 12.4. The molecule has 1 aromatic carbocycles. The Bertz CT molecular complexity index is 697. The van der Waals surface area contributed by atoms with E-state index in [0.29, 0.717) is 13.0 Å². The van der Waals surface area contributed by atoms with Crippen LogP contribution < -0.4 is 4.74 Å². The number of benzene rings is 1. The summed E-state index contributed by atoms with van der Waals surface area (Å²) in [6, 6.07) is 12.1. The van der Waals surface area contributed by atoms with E-state index in [1.807, 2.05) is 60.6 Å². The van der Waals surface area contributed by atoms with Crippen LogP contribution in [0.15, 0.2) is 48.8 Å². The molecule has 1 aliphatic rings. The van der Waals surface area contributed by atoms with Gasteiger partial charge in [0.25, 0.3) is 0 Å². The fourth-order valence-electron chi connectivity index (χ4n) is 3.18. The molecule has 0 spiro atoms. The number of carbonyl (C=O) groups is 1. The second kappa shape index (κ2) is 9.34. The van der Waals surface area contributed by atoms with E-state index in [9.17, 15) is 4.79 Å². The average molecular weight is 353 g/mol. The highest BCUT2D eigenvalue weighted by molar-refractivity contribution is 5.76. The standard InChI is InChI=1S/C21H27N3O2/c1-18-4-2-5-20(16-18)26-15-3-6-21(25)24-13-11-23(12-14-24)17-19-7-9-22-10-8-19/h2,4-5,7-10,16H,3,6,11-15,17H2,1H3. The van der Waals surface area contributed by atoms with Crippen molar-refractivity contribution in [2.75, 3.05) is 32.8 Å². The molecule has 0 aliphatic carbocycles. The molecule has 1 amide bonds. The van der Waals surface area contributed by atoms with Crippen molar-refractivity contribution in [3.63, 3.8) is 0 Å². The molecule has 0 saturated carbocycles. The highest BCUT2D eigenvalue weighted by atomic mass is 16.5. The third kappa shape index (κ3) is 5.56. The Labute approximate surface area is 155 Å². The van der Waals surface area contributed by atoms with Gasteiger partial charge in [-0.25, -0.2) is 0 Å². The zero-order chi connectivity index (χ0) is 18.2. The number of nitrogens with zero attached hydrogens (tertiary/aromatic N) is 3. The van der Waals surface area contributed by atoms with Crippen LogP contribution in [0.2, 0.25) is 0 Å². The quantitative estimate of drug-likeness (QED) is 0.718. The van der Waals surface area contributed by atoms with Crippen molar-refractivity contribution < 1.29 is 9.53 Å². The van der Waals surface area contributed by atoms with Gasteiger partial charge in [0, 0.05) is 51.5 Å². The van der Waals surface area contributed by atoms with Gasteiger partial charge in [-0.05, 0) is 48.7 Å². The Balaban J connectivity index is 1.33. The molecule has 0 N–H and O–H groups in total. The van der Waals surface area contributed by atoms with E-state index in [0.717, 1.165) is 44.9 Å². The maximum Gasteiger partial charge on any atom is 0.222 e. The number of amides is 1. The van der Waals surface area contributed by atoms with Crippen molar-refractivity contribution >= 4 is 5.91 Å². The summed E-state index contributed by atoms with van der Waals surface area (Å²) in [7, 11) is 0. The van der Waals surface area contributed by atoms with Crippen molar-refractivity contribution in [2.24, 2.45) is 0 Å². The number of aryl methyl sites for hydroxylation is 1. The topological polar surface area (TPSA) is 45.7 Å². The highest BCUT2D eigenvalue weighted by Crippen LogP contribution is 2.13. The number of rotatable bonds is 7. The first-order valence-electron chi connectivity index (χ1n) is 9.29. The zero-order valence-corrected chi connectivity index (χ0v) is 15.4. The van der Waals surface area contributed by atoms with Gasteiger partial charge in [0.05, 0.1) is 6.61 Å². The number of hydrogen-bond acceptors (Lipinski definition) is 4. The normalized spacial score (nSPS) is 15.0. The molecule has 1 aromatic heterocycles. The Morgan fingerprint density at radius 1 is 1.12 bits per heavy atom. The summed E-state index contributed by atoms with van der Waals surface area (Å²) in [6.45, 7) is 7.02. The van der Waals surface area contributed by atoms with E-state index in [1.54, 1.807) is 0 Å². The number of ether oxygens (including phenoxy) is 1. The number of piperazine rings is 1. The van der Waals surface area contributed by atoms with Crippen LogP contribution in [0.3, 0.4) is 0 Å². The van der Waals surface area contributed by atoms with Crippen molar-refractivity contribution in [1.29, 1.82) is 0 Å². The van der Waals surface area contributed by atoms with Gasteiger partial charge < -0.3 is 9.64 Å². The number of carbonyl (C=O) groups excluding carboxylic acids is 1. The van der Waals surface area contributed by atoms with Gasteiger partial charge in [-0.2, -0.15) is 0 Å². The Morgan fingerprint density at radius 2 is 1.88 bits per heavy atom. The summed E-state index contributed by atoms with van der Waals surface area (Å²) in [5.41, 5.74) is 2.45. The smallest absolute Gasteiger partial charge is 0.222 e. The molecule has 2 aromatic rings. The van der Waals surface area contributed by atoms with Crippen molar-refractivity contribution in [1.82, 2.24) is 14.8 Å². The lowest BCUT2D eigenvalue weighted by Crippen LogP contribution is -2.48. The number of pyridine rings is 1. The minimum atomic E-state index is 0.237. The van der Waals surface area contributed by atoms with Crippen LogP contribution in [0.25, 0.3) is 0 Å². The summed E-state index contributed by atoms with van der Waals surface area (Å²) in [5.74, 6) is 1.11. The molecule has 26 heavy (non-hydrogen) atoms. The lowest BCUT2D eigenvalue weighted by Gasteiger charge is -2.34. The second-order valence-corrected chi connectivity index (χ2v) is 6.78. The Morgan fingerprint density at radius 3 is 2.62 bits per heavy atom. The molecule has 0 bridgehead atoms. The molecule has 138 valence electrons. The summed E-state index contributed by atoms with van der Waals surface area (Å²) in [5, 5.41) is 0. The molecule has 3 rings (SSSR count). The average Bonchev–Trinajstić information content (AvgIpc) is 2.66. The van der Waals surface area contributed by atoms with Crippen LogP contribution >= 0.6 is 0 Å². The summed E-state index contributed by atoms with van der Waals surface area (Å²) < 4.78 is 5.72. The van der Waals surface area contributed by atoms with Crippen molar-refractivity contribution in [3.05, 3.63) is 59.9 Å². The zero-order valence-electron chi connectivity index (χ0n) is 15.4. The summed E-state index contributed by atoms with van der Waals surface area (Å²) in [4.78, 5) is 20.8. The van der Waals surface area contributed by atoms with Crippen LogP contribution in [-0.4, -0.2) is 53.5 Å². The van der Waals surface area contributed by atoms with E-state index < -0.39 is 0 Å². The van der Waals surface area contributed by atoms with Crippen molar-refractivity contribution in [2.45, 2.75) is 26.3 Å². The maximum absolute atomic E-state index is 12.4. The predicted octanol–water partition coefficient (Wildman–Crippen LogP) is 2.89. The van der Waals surface area contributed by atoms with Crippen molar-refractivity contribution in [3.8, 4) is 5.75 Å². The molecule has 0 atom stereocenters. The Hall–Kier alpha value is -2.40. The largest absolute Gasteiger partial charge is 0.494 e. The van der Waals surface area contributed by atoms with Gasteiger partial charge in [0.2, 0.25) is 5.91 Å². The minimum absolute atomic E-state index is 0.237. The highest BCUT2D eigenvalue weighted by Gasteiger charge is 2.20.